The highest BCUT2D eigenvalue weighted by atomic mass is 16.5. The predicted molar refractivity (Wildman–Crippen MR) is 61.1 cm³/mol. The fourth-order valence-electron chi connectivity index (χ4n) is 2.42. The monoisotopic (exact) mass is 224 g/mol. The fraction of sp³-hybridized carbons (Fsp3) is 0.818. The molecule has 2 atom stereocenters. The van der Waals surface area contributed by atoms with Crippen molar-refractivity contribution < 1.29 is 4.52 Å². The van der Waals surface area contributed by atoms with Crippen LogP contribution in [0.2, 0.25) is 0 Å². The maximum atomic E-state index is 4.99. The second-order valence-corrected chi connectivity index (χ2v) is 4.55. The summed E-state index contributed by atoms with van der Waals surface area (Å²) in [5, 5.41) is 6.99. The molecule has 0 radical (unpaired) electrons. The minimum absolute atomic E-state index is 0.666. The topological polar surface area (TPSA) is 54.2 Å². The van der Waals surface area contributed by atoms with Crippen molar-refractivity contribution in [1.29, 1.82) is 0 Å². The summed E-state index contributed by atoms with van der Waals surface area (Å²) in [6.45, 7) is 5.63. The molecule has 0 saturated carbocycles. The third kappa shape index (κ3) is 2.80. The largest absolute Gasteiger partial charge is 0.340 e. The second-order valence-electron chi connectivity index (χ2n) is 4.55. The predicted octanol–water partition coefficient (Wildman–Crippen LogP) is 0.542. The van der Waals surface area contributed by atoms with E-state index in [1.165, 1.54) is 12.7 Å². The van der Waals surface area contributed by atoms with Gasteiger partial charge in [-0.25, -0.2) is 0 Å². The molecule has 0 aromatic carbocycles. The van der Waals surface area contributed by atoms with Crippen LogP contribution in [0, 0.1) is 5.92 Å². The average molecular weight is 224 g/mol. The first-order chi connectivity index (χ1) is 7.79. The number of rotatable bonds is 4. The Labute approximate surface area is 96.2 Å². The summed E-state index contributed by atoms with van der Waals surface area (Å²) in [6.07, 6.45) is 3.55. The molecule has 1 N–H and O–H groups in total. The van der Waals surface area contributed by atoms with Gasteiger partial charge >= 0.3 is 0 Å². The Morgan fingerprint density at radius 1 is 1.62 bits per heavy atom. The Morgan fingerprint density at radius 2 is 2.50 bits per heavy atom. The Balaban J connectivity index is 1.75. The lowest BCUT2D eigenvalue weighted by atomic mass is 9.94. The molecule has 0 bridgehead atoms. The molecule has 0 amide bonds. The third-order valence-electron chi connectivity index (χ3n) is 3.41. The molecule has 2 rings (SSSR count). The molecule has 1 fully saturated rings. The molecule has 16 heavy (non-hydrogen) atoms. The van der Waals surface area contributed by atoms with Gasteiger partial charge in [-0.15, -0.1) is 0 Å². The highest BCUT2D eigenvalue weighted by Crippen LogP contribution is 2.16. The van der Waals surface area contributed by atoms with Crippen LogP contribution in [0.5, 0.6) is 0 Å². The van der Waals surface area contributed by atoms with Crippen molar-refractivity contribution >= 4 is 0 Å². The van der Waals surface area contributed by atoms with Crippen molar-refractivity contribution in [2.45, 2.75) is 25.8 Å². The summed E-state index contributed by atoms with van der Waals surface area (Å²) >= 11 is 0. The van der Waals surface area contributed by atoms with Crippen molar-refractivity contribution in [3.8, 4) is 0 Å². The molecule has 0 aliphatic carbocycles. The Morgan fingerprint density at radius 3 is 3.12 bits per heavy atom. The van der Waals surface area contributed by atoms with Crippen LogP contribution in [0.1, 0.15) is 19.2 Å². The molecular formula is C11H20N4O. The lowest BCUT2D eigenvalue weighted by molar-refractivity contribution is 0.149. The minimum Gasteiger partial charge on any atom is -0.340 e. The molecule has 90 valence electrons. The molecular weight excluding hydrogens is 204 g/mol. The molecule has 1 aromatic rings. The van der Waals surface area contributed by atoms with E-state index in [4.69, 9.17) is 4.52 Å². The van der Waals surface area contributed by atoms with Gasteiger partial charge in [0.15, 0.2) is 6.33 Å². The zero-order valence-electron chi connectivity index (χ0n) is 10.0. The molecule has 5 heteroatoms. The molecule has 2 unspecified atom stereocenters. The molecule has 1 saturated heterocycles. The fourth-order valence-corrected chi connectivity index (χ4v) is 2.42. The number of nitrogens with zero attached hydrogens (tertiary/aromatic N) is 3. The van der Waals surface area contributed by atoms with Gasteiger partial charge in [0.25, 0.3) is 0 Å². The van der Waals surface area contributed by atoms with Gasteiger partial charge in [-0.2, -0.15) is 4.98 Å². The Hall–Kier alpha value is -0.940. The quantitative estimate of drug-likeness (QED) is 0.809. The van der Waals surface area contributed by atoms with Crippen molar-refractivity contribution in [2.75, 3.05) is 26.7 Å². The zero-order chi connectivity index (χ0) is 11.4. The van der Waals surface area contributed by atoms with E-state index >= 15 is 0 Å². The third-order valence-corrected chi connectivity index (χ3v) is 3.41. The van der Waals surface area contributed by atoms with Gasteiger partial charge in [0.05, 0.1) is 0 Å². The van der Waals surface area contributed by atoms with Gasteiger partial charge in [0, 0.05) is 25.6 Å². The van der Waals surface area contributed by atoms with Gasteiger partial charge in [0.2, 0.25) is 5.89 Å². The van der Waals surface area contributed by atoms with Crippen LogP contribution in [0.4, 0.5) is 0 Å². The van der Waals surface area contributed by atoms with Gasteiger partial charge in [0.1, 0.15) is 0 Å². The zero-order valence-corrected chi connectivity index (χ0v) is 10.0. The molecule has 2 heterocycles. The lowest BCUT2D eigenvalue weighted by Gasteiger charge is -2.36. The SMILES string of the molecule is CNC1CCN(CCc2ncno2)CC1C. The number of hydrogen-bond donors (Lipinski definition) is 1. The van der Waals surface area contributed by atoms with Crippen molar-refractivity contribution in [2.24, 2.45) is 5.92 Å². The van der Waals surface area contributed by atoms with Gasteiger partial charge in [-0.3, -0.25) is 0 Å². The summed E-state index contributed by atoms with van der Waals surface area (Å²) in [5.74, 6) is 1.45. The summed E-state index contributed by atoms with van der Waals surface area (Å²) in [5.41, 5.74) is 0. The molecule has 5 nitrogen and oxygen atoms in total. The smallest absolute Gasteiger partial charge is 0.227 e. The molecule has 1 aliphatic heterocycles. The standard InChI is InChI=1S/C11H20N4O/c1-9-7-15(5-3-10(9)12-2)6-4-11-13-8-14-16-11/h8-10,12H,3-7H2,1-2H3. The van der Waals surface area contributed by atoms with E-state index < -0.39 is 0 Å². The molecule has 1 aromatic heterocycles. The summed E-state index contributed by atoms with van der Waals surface area (Å²) in [6, 6.07) is 0.666. The van der Waals surface area contributed by atoms with Crippen LogP contribution in [0.25, 0.3) is 0 Å². The first-order valence-corrected chi connectivity index (χ1v) is 5.94. The maximum Gasteiger partial charge on any atom is 0.227 e. The molecule has 1 aliphatic rings. The number of piperidine rings is 1. The van der Waals surface area contributed by atoms with Crippen molar-refractivity contribution in [1.82, 2.24) is 20.4 Å². The van der Waals surface area contributed by atoms with E-state index in [2.05, 4.69) is 34.3 Å². The summed E-state index contributed by atoms with van der Waals surface area (Å²) < 4.78 is 4.99. The van der Waals surface area contributed by atoms with Gasteiger partial charge in [-0.1, -0.05) is 12.1 Å². The van der Waals surface area contributed by atoms with Crippen LogP contribution in [0.3, 0.4) is 0 Å². The summed E-state index contributed by atoms with van der Waals surface area (Å²) in [4.78, 5) is 6.51. The number of likely N-dealkylation sites (tertiary alicyclic amines) is 1. The van der Waals surface area contributed by atoms with Gasteiger partial charge in [-0.05, 0) is 25.9 Å². The average Bonchev–Trinajstić information content (AvgIpc) is 2.79. The van der Waals surface area contributed by atoms with Crippen LogP contribution >= 0.6 is 0 Å². The highest BCUT2D eigenvalue weighted by molar-refractivity contribution is 4.84. The second kappa shape index (κ2) is 5.41. The van der Waals surface area contributed by atoms with Crippen LogP contribution in [0.15, 0.2) is 10.9 Å². The van der Waals surface area contributed by atoms with E-state index in [1.807, 2.05) is 0 Å². The van der Waals surface area contributed by atoms with E-state index in [9.17, 15) is 0 Å². The van der Waals surface area contributed by atoms with Crippen LogP contribution in [-0.2, 0) is 6.42 Å². The van der Waals surface area contributed by atoms with E-state index in [0.29, 0.717) is 12.0 Å². The summed E-state index contributed by atoms with van der Waals surface area (Å²) in [7, 11) is 2.05. The highest BCUT2D eigenvalue weighted by Gasteiger charge is 2.24. The van der Waals surface area contributed by atoms with E-state index in [0.717, 1.165) is 31.9 Å². The van der Waals surface area contributed by atoms with Crippen LogP contribution in [-0.4, -0.2) is 47.8 Å². The number of nitrogens with one attached hydrogen (secondary N) is 1. The normalized spacial score (nSPS) is 27.1. The molecule has 0 spiro atoms. The minimum atomic E-state index is 0.666. The Bertz CT molecular complexity index is 301. The lowest BCUT2D eigenvalue weighted by Crippen LogP contribution is -2.47. The Kier molecular flexibility index (Phi) is 3.90. The maximum absolute atomic E-state index is 4.99. The number of aromatic nitrogens is 2. The first-order valence-electron chi connectivity index (χ1n) is 5.94. The van der Waals surface area contributed by atoms with Gasteiger partial charge < -0.3 is 14.7 Å². The van der Waals surface area contributed by atoms with Crippen molar-refractivity contribution in [3.63, 3.8) is 0 Å². The van der Waals surface area contributed by atoms with Crippen molar-refractivity contribution in [3.05, 3.63) is 12.2 Å². The van der Waals surface area contributed by atoms with Crippen LogP contribution < -0.4 is 5.32 Å². The van der Waals surface area contributed by atoms with E-state index in [1.54, 1.807) is 0 Å². The first kappa shape index (κ1) is 11.5. The number of hydrogen-bond acceptors (Lipinski definition) is 5. The van der Waals surface area contributed by atoms with E-state index in [-0.39, 0.29) is 0 Å².